The van der Waals surface area contributed by atoms with Gasteiger partial charge in [0.25, 0.3) is 0 Å². The highest BCUT2D eigenvalue weighted by Crippen LogP contribution is 2.51. The molecule has 0 atom stereocenters. The lowest BCUT2D eigenvalue weighted by Gasteiger charge is -2.12. The van der Waals surface area contributed by atoms with Crippen molar-refractivity contribution in [3.8, 4) is 17.7 Å². The van der Waals surface area contributed by atoms with E-state index in [0.29, 0.717) is 11.6 Å². The van der Waals surface area contributed by atoms with Crippen LogP contribution in [0.3, 0.4) is 0 Å². The number of hydrogen-bond acceptors (Lipinski definition) is 4. The minimum Gasteiger partial charge on any atom is -0.495 e. The van der Waals surface area contributed by atoms with Crippen LogP contribution in [0.5, 0.6) is 11.6 Å². The monoisotopic (exact) mass is 204 g/mol. The topological polar surface area (TPSA) is 55.1 Å². The molecule has 0 amide bonds. The second kappa shape index (κ2) is 3.43. The Bertz CT molecular complexity index is 419. The highest BCUT2D eigenvalue weighted by atomic mass is 16.5. The van der Waals surface area contributed by atoms with Crippen LogP contribution < -0.4 is 9.47 Å². The van der Waals surface area contributed by atoms with Crippen LogP contribution in [0, 0.1) is 11.3 Å². The minimum absolute atomic E-state index is 0.373. The van der Waals surface area contributed by atoms with E-state index in [4.69, 9.17) is 14.7 Å². The maximum Gasteiger partial charge on any atom is 0.213 e. The van der Waals surface area contributed by atoms with Crippen molar-refractivity contribution in [2.45, 2.75) is 18.3 Å². The molecule has 1 aromatic heterocycles. The minimum atomic E-state index is -0.373. The van der Waals surface area contributed by atoms with E-state index in [2.05, 4.69) is 11.1 Å². The normalized spacial score (nSPS) is 16.6. The molecule has 0 saturated heterocycles. The molecule has 1 aromatic rings. The van der Waals surface area contributed by atoms with Gasteiger partial charge in [0.15, 0.2) is 0 Å². The van der Waals surface area contributed by atoms with E-state index < -0.39 is 0 Å². The predicted molar refractivity (Wildman–Crippen MR) is 53.9 cm³/mol. The van der Waals surface area contributed by atoms with E-state index in [-0.39, 0.29) is 5.41 Å². The van der Waals surface area contributed by atoms with Gasteiger partial charge in [-0.2, -0.15) is 5.26 Å². The highest BCUT2D eigenvalue weighted by Gasteiger charge is 2.47. The van der Waals surface area contributed by atoms with Crippen LogP contribution in [0.2, 0.25) is 0 Å². The molecule has 2 rings (SSSR count). The summed E-state index contributed by atoms with van der Waals surface area (Å²) in [5.74, 6) is 1.18. The number of hydrogen-bond donors (Lipinski definition) is 0. The summed E-state index contributed by atoms with van der Waals surface area (Å²) in [4.78, 5) is 4.05. The molecule has 1 aliphatic carbocycles. The second-order valence-corrected chi connectivity index (χ2v) is 3.62. The van der Waals surface area contributed by atoms with E-state index in [9.17, 15) is 0 Å². The summed E-state index contributed by atoms with van der Waals surface area (Å²) in [7, 11) is 3.14. The molecule has 4 heteroatoms. The van der Waals surface area contributed by atoms with E-state index in [0.717, 1.165) is 18.4 Å². The Kier molecular flexibility index (Phi) is 2.24. The number of ether oxygens (including phenoxy) is 2. The Morgan fingerprint density at radius 3 is 2.60 bits per heavy atom. The fourth-order valence-corrected chi connectivity index (χ4v) is 1.64. The largest absolute Gasteiger partial charge is 0.495 e. The van der Waals surface area contributed by atoms with Gasteiger partial charge < -0.3 is 9.47 Å². The Morgan fingerprint density at radius 2 is 2.13 bits per heavy atom. The number of pyridine rings is 1. The standard InChI is InChI=1S/C11H12N2O2/c1-14-9-6-13-10(15-2)5-8(9)11(7-12)3-4-11/h5-6H,3-4H2,1-2H3. The molecule has 4 nitrogen and oxygen atoms in total. The van der Waals surface area contributed by atoms with Crippen molar-refractivity contribution in [3.05, 3.63) is 17.8 Å². The van der Waals surface area contributed by atoms with Crippen LogP contribution in [0.4, 0.5) is 0 Å². The molecule has 1 heterocycles. The van der Waals surface area contributed by atoms with Crippen LogP contribution in [0.1, 0.15) is 18.4 Å². The maximum absolute atomic E-state index is 9.13. The fourth-order valence-electron chi connectivity index (χ4n) is 1.64. The molecule has 0 N–H and O–H groups in total. The van der Waals surface area contributed by atoms with Gasteiger partial charge >= 0.3 is 0 Å². The van der Waals surface area contributed by atoms with E-state index in [1.807, 2.05) is 0 Å². The zero-order valence-electron chi connectivity index (χ0n) is 8.78. The van der Waals surface area contributed by atoms with Crippen LogP contribution in [0.25, 0.3) is 0 Å². The summed E-state index contributed by atoms with van der Waals surface area (Å²) in [5, 5.41) is 9.13. The molecular formula is C11H12N2O2. The first kappa shape index (κ1) is 9.78. The quantitative estimate of drug-likeness (QED) is 0.751. The number of aromatic nitrogens is 1. The van der Waals surface area contributed by atoms with Crippen LogP contribution in [-0.4, -0.2) is 19.2 Å². The molecule has 15 heavy (non-hydrogen) atoms. The van der Waals surface area contributed by atoms with E-state index >= 15 is 0 Å². The van der Waals surface area contributed by atoms with Gasteiger partial charge in [-0.05, 0) is 12.8 Å². The molecule has 0 spiro atoms. The van der Waals surface area contributed by atoms with Crippen LogP contribution >= 0.6 is 0 Å². The summed E-state index contributed by atoms with van der Waals surface area (Å²) in [5.41, 5.74) is 0.515. The fraction of sp³-hybridized carbons (Fsp3) is 0.455. The molecule has 78 valence electrons. The van der Waals surface area contributed by atoms with Crippen molar-refractivity contribution in [1.82, 2.24) is 4.98 Å². The summed E-state index contributed by atoms with van der Waals surface area (Å²) in [6.45, 7) is 0. The number of rotatable bonds is 3. The highest BCUT2D eigenvalue weighted by molar-refractivity contribution is 5.48. The Morgan fingerprint density at radius 1 is 1.40 bits per heavy atom. The molecule has 1 aliphatic rings. The molecule has 0 aromatic carbocycles. The zero-order chi connectivity index (χ0) is 10.9. The lowest BCUT2D eigenvalue weighted by Crippen LogP contribution is -2.06. The van der Waals surface area contributed by atoms with Gasteiger partial charge in [0.05, 0.1) is 31.9 Å². The Balaban J connectivity index is 2.48. The van der Waals surface area contributed by atoms with Gasteiger partial charge in [-0.15, -0.1) is 0 Å². The van der Waals surface area contributed by atoms with Crippen LogP contribution in [-0.2, 0) is 5.41 Å². The molecule has 1 fully saturated rings. The number of nitriles is 1. The summed E-state index contributed by atoms with van der Waals surface area (Å²) in [6.07, 6.45) is 3.37. The number of methoxy groups -OCH3 is 2. The van der Waals surface area contributed by atoms with Gasteiger partial charge in [-0.3, -0.25) is 0 Å². The second-order valence-electron chi connectivity index (χ2n) is 3.62. The van der Waals surface area contributed by atoms with Crippen molar-refractivity contribution in [3.63, 3.8) is 0 Å². The summed E-state index contributed by atoms with van der Waals surface area (Å²) >= 11 is 0. The molecule has 0 unspecified atom stereocenters. The molecular weight excluding hydrogens is 192 g/mol. The summed E-state index contributed by atoms with van der Waals surface area (Å²) < 4.78 is 10.2. The van der Waals surface area contributed by atoms with Gasteiger partial charge in [0, 0.05) is 11.6 Å². The predicted octanol–water partition coefficient (Wildman–Crippen LogP) is 1.65. The van der Waals surface area contributed by atoms with Crippen molar-refractivity contribution >= 4 is 0 Å². The Labute approximate surface area is 88.5 Å². The van der Waals surface area contributed by atoms with E-state index in [1.165, 1.54) is 0 Å². The zero-order valence-corrected chi connectivity index (χ0v) is 8.78. The molecule has 1 saturated carbocycles. The summed E-state index contributed by atoms with van der Waals surface area (Å²) in [6, 6.07) is 4.12. The molecule has 0 radical (unpaired) electrons. The first-order valence-corrected chi connectivity index (χ1v) is 4.75. The third kappa shape index (κ3) is 1.50. The Hall–Kier alpha value is -1.76. The SMILES string of the molecule is COc1cc(C2(C#N)CC2)c(OC)cn1. The lowest BCUT2D eigenvalue weighted by molar-refractivity contribution is 0.382. The van der Waals surface area contributed by atoms with Crippen molar-refractivity contribution in [2.24, 2.45) is 0 Å². The third-order valence-electron chi connectivity index (χ3n) is 2.75. The van der Waals surface area contributed by atoms with E-state index in [1.54, 1.807) is 26.5 Å². The maximum atomic E-state index is 9.13. The van der Waals surface area contributed by atoms with Gasteiger partial charge in [0.1, 0.15) is 5.75 Å². The molecule has 0 aliphatic heterocycles. The lowest BCUT2D eigenvalue weighted by atomic mass is 9.98. The average molecular weight is 204 g/mol. The average Bonchev–Trinajstić information content (AvgIpc) is 3.09. The molecule has 0 bridgehead atoms. The smallest absolute Gasteiger partial charge is 0.213 e. The first-order chi connectivity index (χ1) is 7.25. The number of nitrogens with zero attached hydrogens (tertiary/aromatic N) is 2. The van der Waals surface area contributed by atoms with Gasteiger partial charge in [-0.1, -0.05) is 0 Å². The first-order valence-electron chi connectivity index (χ1n) is 4.75. The van der Waals surface area contributed by atoms with Crippen molar-refractivity contribution < 1.29 is 9.47 Å². The van der Waals surface area contributed by atoms with Crippen molar-refractivity contribution in [2.75, 3.05) is 14.2 Å². The van der Waals surface area contributed by atoms with Gasteiger partial charge in [-0.25, -0.2) is 4.98 Å². The van der Waals surface area contributed by atoms with Crippen molar-refractivity contribution in [1.29, 1.82) is 5.26 Å². The van der Waals surface area contributed by atoms with Crippen LogP contribution in [0.15, 0.2) is 12.3 Å². The third-order valence-corrected chi connectivity index (χ3v) is 2.75. The van der Waals surface area contributed by atoms with Gasteiger partial charge in [0.2, 0.25) is 5.88 Å².